The molecule has 3 amide bonds. The second-order valence-electron chi connectivity index (χ2n) is 12.6. The minimum absolute atomic E-state index is 0.0545. The van der Waals surface area contributed by atoms with Crippen LogP contribution in [0, 0.1) is 17.0 Å². The van der Waals surface area contributed by atoms with E-state index in [0.717, 1.165) is 23.8 Å². The molecule has 3 aromatic rings. The molecule has 44 heavy (non-hydrogen) atoms. The molecule has 2 aromatic carbocycles. The third-order valence-electron chi connectivity index (χ3n) is 6.73. The molecule has 0 saturated heterocycles. The van der Waals surface area contributed by atoms with Crippen molar-refractivity contribution < 1.29 is 33.0 Å². The van der Waals surface area contributed by atoms with Crippen LogP contribution in [0.1, 0.15) is 65.4 Å². The largest absolute Gasteiger partial charge is 0.444 e. The summed E-state index contributed by atoms with van der Waals surface area (Å²) in [4.78, 5) is 44.1. The molecule has 0 saturated carbocycles. The molecule has 2 atom stereocenters. The van der Waals surface area contributed by atoms with Gasteiger partial charge in [0, 0.05) is 24.8 Å². The summed E-state index contributed by atoms with van der Waals surface area (Å²) < 4.78 is 36.1. The van der Waals surface area contributed by atoms with E-state index in [2.05, 4.69) is 5.32 Å². The maximum absolute atomic E-state index is 14.9. The lowest BCUT2D eigenvalue weighted by Gasteiger charge is -2.40. The van der Waals surface area contributed by atoms with Crippen LogP contribution in [-0.2, 0) is 20.9 Å². The van der Waals surface area contributed by atoms with Crippen molar-refractivity contribution >= 4 is 17.9 Å². The molecule has 4 N–H and O–H groups in total. The van der Waals surface area contributed by atoms with Crippen molar-refractivity contribution in [2.75, 3.05) is 13.2 Å². The normalized spacial score (nSPS) is 13.2. The molecule has 0 bridgehead atoms. The van der Waals surface area contributed by atoms with Gasteiger partial charge in [-0.1, -0.05) is 51.1 Å². The van der Waals surface area contributed by atoms with Gasteiger partial charge < -0.3 is 30.4 Å². The van der Waals surface area contributed by atoms with Crippen molar-refractivity contribution in [2.24, 2.45) is 11.1 Å². The lowest BCUT2D eigenvalue weighted by atomic mass is 9.84. The minimum Gasteiger partial charge on any atom is -0.444 e. The first-order valence-electron chi connectivity index (χ1n) is 14.3. The fourth-order valence-electron chi connectivity index (χ4n) is 4.87. The summed E-state index contributed by atoms with van der Waals surface area (Å²) in [6.07, 6.45) is 0.642. The predicted molar refractivity (Wildman–Crippen MR) is 161 cm³/mol. The van der Waals surface area contributed by atoms with E-state index in [9.17, 15) is 28.3 Å². The zero-order valence-corrected chi connectivity index (χ0v) is 25.9. The Morgan fingerprint density at radius 3 is 2.30 bits per heavy atom. The highest BCUT2D eigenvalue weighted by Gasteiger charge is 2.39. The molecule has 0 radical (unpaired) electrons. The summed E-state index contributed by atoms with van der Waals surface area (Å²) in [5.41, 5.74) is 5.02. The van der Waals surface area contributed by atoms with Gasteiger partial charge in [-0.2, -0.15) is 0 Å². The molecule has 238 valence electrons. The maximum atomic E-state index is 14.9. The molecule has 1 aromatic heterocycles. The third-order valence-corrected chi connectivity index (χ3v) is 6.73. The lowest BCUT2D eigenvalue weighted by molar-refractivity contribution is -0.140. The van der Waals surface area contributed by atoms with Crippen molar-refractivity contribution in [3.8, 4) is 11.3 Å². The van der Waals surface area contributed by atoms with Crippen molar-refractivity contribution in [2.45, 2.75) is 72.2 Å². The average Bonchev–Trinajstić information content (AvgIpc) is 3.32. The van der Waals surface area contributed by atoms with Crippen LogP contribution in [0.3, 0.4) is 0 Å². The highest BCUT2D eigenvalue weighted by Crippen LogP contribution is 2.39. The monoisotopic (exact) mass is 613 g/mol. The van der Waals surface area contributed by atoms with E-state index in [1.54, 1.807) is 31.5 Å². The number of imidazole rings is 1. The fraction of sp³-hybridized carbons (Fsp3) is 0.438. The second-order valence-corrected chi connectivity index (χ2v) is 12.6. The molecule has 0 aliphatic heterocycles. The number of aromatic nitrogens is 2. The molecule has 0 spiro atoms. The fourth-order valence-corrected chi connectivity index (χ4v) is 4.87. The minimum atomic E-state index is -1.19. The van der Waals surface area contributed by atoms with Crippen LogP contribution in [0.15, 0.2) is 54.7 Å². The lowest BCUT2D eigenvalue weighted by Crippen LogP contribution is -2.50. The number of nitrogens with one attached hydrogen (secondary N) is 1. The van der Waals surface area contributed by atoms with Crippen LogP contribution < -0.4 is 11.1 Å². The molecule has 0 unspecified atom stereocenters. The van der Waals surface area contributed by atoms with Crippen LogP contribution >= 0.6 is 0 Å². The number of nitrogens with two attached hydrogens (primary N) is 1. The zero-order chi connectivity index (χ0) is 32.8. The van der Waals surface area contributed by atoms with Crippen LogP contribution in [0.4, 0.5) is 13.6 Å². The Balaban J connectivity index is 2.10. The first-order valence-corrected chi connectivity index (χ1v) is 14.3. The van der Waals surface area contributed by atoms with Gasteiger partial charge in [-0.05, 0) is 56.4 Å². The smallest absolute Gasteiger partial charge is 0.408 e. The number of hydrogen-bond acceptors (Lipinski definition) is 6. The third kappa shape index (κ3) is 9.09. The Bertz CT molecular complexity index is 1460. The van der Waals surface area contributed by atoms with Crippen LogP contribution in [0.2, 0.25) is 0 Å². The molecule has 1 heterocycles. The summed E-state index contributed by atoms with van der Waals surface area (Å²) in [6.45, 7) is 9.93. The van der Waals surface area contributed by atoms with Gasteiger partial charge in [0.1, 0.15) is 35.7 Å². The van der Waals surface area contributed by atoms with Gasteiger partial charge in [-0.15, -0.1) is 0 Å². The number of carbonyl (C=O) groups excluding carboxylic acids is 3. The summed E-state index contributed by atoms with van der Waals surface area (Å²) in [7, 11) is 0. The molecule has 12 heteroatoms. The number of aliphatic hydroxyl groups is 1. The van der Waals surface area contributed by atoms with Gasteiger partial charge in [-0.3, -0.25) is 9.59 Å². The van der Waals surface area contributed by atoms with Crippen LogP contribution in [0.5, 0.6) is 0 Å². The average molecular weight is 614 g/mol. The highest BCUT2D eigenvalue weighted by molar-refractivity contribution is 5.84. The van der Waals surface area contributed by atoms with E-state index >= 15 is 0 Å². The van der Waals surface area contributed by atoms with Gasteiger partial charge in [0.25, 0.3) is 0 Å². The number of alkyl carbamates (subject to hydrolysis) is 1. The van der Waals surface area contributed by atoms with Gasteiger partial charge in [0.15, 0.2) is 0 Å². The first kappa shape index (κ1) is 34.2. The van der Waals surface area contributed by atoms with E-state index in [0.29, 0.717) is 5.82 Å². The number of primary amides is 1. The summed E-state index contributed by atoms with van der Waals surface area (Å²) in [6, 6.07) is 10.5. The molecule has 3 rings (SSSR count). The first-order chi connectivity index (χ1) is 20.5. The molecule has 10 nitrogen and oxygen atoms in total. The van der Waals surface area contributed by atoms with Crippen molar-refractivity contribution in [3.63, 3.8) is 0 Å². The van der Waals surface area contributed by atoms with Crippen LogP contribution in [0.25, 0.3) is 11.3 Å². The zero-order valence-electron chi connectivity index (χ0n) is 25.9. The van der Waals surface area contributed by atoms with Gasteiger partial charge in [-0.25, -0.2) is 18.6 Å². The summed E-state index contributed by atoms with van der Waals surface area (Å²) in [5, 5.41) is 12.4. The van der Waals surface area contributed by atoms with E-state index in [1.807, 2.05) is 51.1 Å². The van der Waals surface area contributed by atoms with E-state index in [1.165, 1.54) is 4.90 Å². The quantitative estimate of drug-likeness (QED) is 0.290. The van der Waals surface area contributed by atoms with Gasteiger partial charge in [0.2, 0.25) is 11.8 Å². The predicted octanol–water partition coefficient (Wildman–Crippen LogP) is 4.55. The van der Waals surface area contributed by atoms with E-state index in [-0.39, 0.29) is 30.8 Å². The Labute approximate surface area is 256 Å². The number of rotatable bonds is 11. The molecular formula is C32H41F2N5O5. The topological polar surface area (TPSA) is 140 Å². The molecule has 0 aliphatic carbocycles. The maximum Gasteiger partial charge on any atom is 0.408 e. The Morgan fingerprint density at radius 2 is 1.73 bits per heavy atom. The molecular weight excluding hydrogens is 572 g/mol. The number of ether oxygens (including phenoxy) is 1. The van der Waals surface area contributed by atoms with Gasteiger partial charge >= 0.3 is 6.09 Å². The van der Waals surface area contributed by atoms with Gasteiger partial charge in [0.05, 0.1) is 11.7 Å². The molecule has 0 aliphatic rings. The number of amides is 3. The summed E-state index contributed by atoms with van der Waals surface area (Å²) >= 11 is 0. The standard InChI is InChI=1S/C32H41F2N5O5/c1-31(2,3)27(39(26(41)19-40)15-14-24(28(35)42)37-30(43)44-32(4,5)6)29-36-25(22-16-21(33)12-13-23(22)34)18-38(29)17-20-10-8-7-9-11-20/h7-13,16,18,24,27,40H,14-15,17,19H2,1-6H3,(H2,35,42)(H,37,43)/t24-,27-/m0/s1. The number of halogens is 2. The van der Waals surface area contributed by atoms with E-state index in [4.69, 9.17) is 15.5 Å². The van der Waals surface area contributed by atoms with E-state index < -0.39 is 59.2 Å². The summed E-state index contributed by atoms with van der Waals surface area (Å²) in [5.74, 6) is -2.47. The van der Waals surface area contributed by atoms with Crippen LogP contribution in [-0.4, -0.2) is 62.3 Å². The molecule has 0 fully saturated rings. The number of hydrogen-bond donors (Lipinski definition) is 3. The Kier molecular flexibility index (Phi) is 10.9. The SMILES string of the molecule is CC(C)(C)OC(=O)N[C@@H](CCN(C(=O)CO)[C@@H](c1nc(-c2cc(F)ccc2F)cn1Cc1ccccc1)C(C)(C)C)C(N)=O. The highest BCUT2D eigenvalue weighted by atomic mass is 19.1. The Hall–Kier alpha value is -4.32. The number of carbonyl (C=O) groups is 3. The second kappa shape index (κ2) is 14.0. The number of aliphatic hydroxyl groups excluding tert-OH is 1. The Morgan fingerprint density at radius 1 is 1.07 bits per heavy atom. The number of benzene rings is 2. The van der Waals surface area contributed by atoms with Crippen molar-refractivity contribution in [1.82, 2.24) is 19.8 Å². The van der Waals surface area contributed by atoms with Crippen molar-refractivity contribution in [3.05, 3.63) is 77.8 Å². The number of nitrogens with zero attached hydrogens (tertiary/aromatic N) is 3. The van der Waals surface area contributed by atoms with Crippen molar-refractivity contribution in [1.29, 1.82) is 0 Å².